The minimum atomic E-state index is -3.02. The number of rotatable bonds is 8. The van der Waals surface area contributed by atoms with E-state index in [-0.39, 0.29) is 18.1 Å². The zero-order valence-electron chi connectivity index (χ0n) is 11.2. The van der Waals surface area contributed by atoms with E-state index in [1.807, 2.05) is 19.1 Å². The Morgan fingerprint density at radius 3 is 2.58 bits per heavy atom. The smallest absolute Gasteiger partial charge is 0.165 e. The van der Waals surface area contributed by atoms with E-state index in [0.29, 0.717) is 23.2 Å². The number of halogens is 1. The molecule has 1 aromatic rings. The molecule has 6 heteroatoms. The van der Waals surface area contributed by atoms with Gasteiger partial charge in [0.15, 0.2) is 21.3 Å². The molecule has 0 aromatic heterocycles. The number of benzene rings is 1. The Balaban J connectivity index is 2.72. The monoisotopic (exact) mass is 350 g/mol. The van der Waals surface area contributed by atoms with Gasteiger partial charge in [-0.05, 0) is 12.5 Å². The van der Waals surface area contributed by atoms with Gasteiger partial charge in [0.2, 0.25) is 0 Å². The summed E-state index contributed by atoms with van der Waals surface area (Å²) in [7, 11) is -1.45. The summed E-state index contributed by atoms with van der Waals surface area (Å²) in [4.78, 5) is 0. The number of hydrogen-bond donors (Lipinski definition) is 0. The molecule has 0 atom stereocenters. The van der Waals surface area contributed by atoms with Crippen molar-refractivity contribution in [3.63, 3.8) is 0 Å². The molecule has 0 saturated heterocycles. The minimum absolute atomic E-state index is 0.0284. The van der Waals surface area contributed by atoms with Crippen LogP contribution in [-0.2, 0) is 15.2 Å². The Morgan fingerprint density at radius 2 is 2.00 bits per heavy atom. The molecule has 19 heavy (non-hydrogen) atoms. The predicted octanol–water partition coefficient (Wildman–Crippen LogP) is 2.79. The molecule has 0 heterocycles. The summed E-state index contributed by atoms with van der Waals surface area (Å²) in [6, 6.07) is 5.57. The van der Waals surface area contributed by atoms with E-state index in [2.05, 4.69) is 15.9 Å². The average molecular weight is 351 g/mol. The molecule has 0 spiro atoms. The third-order valence-electron chi connectivity index (χ3n) is 2.58. The standard InChI is InChI=1S/C13H19BrO4S/c1-3-8-19(15,16)9-7-18-13-11(10-14)5-4-6-12(13)17-2/h4-6H,3,7-10H2,1-2H3. The molecule has 0 fully saturated rings. The van der Waals surface area contributed by atoms with Crippen LogP contribution in [0.5, 0.6) is 11.5 Å². The first-order valence-corrected chi connectivity index (χ1v) is 9.03. The van der Waals surface area contributed by atoms with Gasteiger partial charge in [-0.2, -0.15) is 0 Å². The topological polar surface area (TPSA) is 52.6 Å². The van der Waals surface area contributed by atoms with E-state index in [9.17, 15) is 8.42 Å². The van der Waals surface area contributed by atoms with E-state index >= 15 is 0 Å². The van der Waals surface area contributed by atoms with E-state index < -0.39 is 9.84 Å². The maximum atomic E-state index is 11.6. The predicted molar refractivity (Wildman–Crippen MR) is 80.1 cm³/mol. The van der Waals surface area contributed by atoms with Gasteiger partial charge in [0.05, 0.1) is 18.6 Å². The van der Waals surface area contributed by atoms with Crippen LogP contribution in [0.2, 0.25) is 0 Å². The molecular formula is C13H19BrO4S. The van der Waals surface area contributed by atoms with Crippen LogP contribution in [0.3, 0.4) is 0 Å². The third-order valence-corrected chi connectivity index (χ3v) is 5.00. The summed E-state index contributed by atoms with van der Waals surface area (Å²) in [6.45, 7) is 1.99. The van der Waals surface area contributed by atoms with Crippen molar-refractivity contribution in [2.45, 2.75) is 18.7 Å². The highest BCUT2D eigenvalue weighted by Gasteiger charge is 2.13. The quantitative estimate of drug-likeness (QED) is 0.676. The highest BCUT2D eigenvalue weighted by atomic mass is 79.9. The normalized spacial score (nSPS) is 11.3. The van der Waals surface area contributed by atoms with Crippen molar-refractivity contribution in [1.82, 2.24) is 0 Å². The fraction of sp³-hybridized carbons (Fsp3) is 0.538. The number of methoxy groups -OCH3 is 1. The summed E-state index contributed by atoms with van der Waals surface area (Å²) < 4.78 is 34.0. The van der Waals surface area contributed by atoms with Crippen molar-refractivity contribution in [2.75, 3.05) is 25.2 Å². The van der Waals surface area contributed by atoms with Crippen LogP contribution >= 0.6 is 15.9 Å². The van der Waals surface area contributed by atoms with Crippen LogP contribution in [0, 0.1) is 0 Å². The Kier molecular flexibility index (Phi) is 6.65. The average Bonchev–Trinajstić information content (AvgIpc) is 2.38. The zero-order chi connectivity index (χ0) is 14.3. The van der Waals surface area contributed by atoms with E-state index in [4.69, 9.17) is 9.47 Å². The van der Waals surface area contributed by atoms with Crippen LogP contribution in [0.15, 0.2) is 18.2 Å². The first-order valence-electron chi connectivity index (χ1n) is 6.09. The van der Waals surface area contributed by atoms with Crippen molar-refractivity contribution >= 4 is 25.8 Å². The van der Waals surface area contributed by atoms with Crippen LogP contribution in [-0.4, -0.2) is 33.6 Å². The second-order valence-electron chi connectivity index (χ2n) is 4.08. The first-order chi connectivity index (χ1) is 9.04. The van der Waals surface area contributed by atoms with Crippen LogP contribution < -0.4 is 9.47 Å². The molecule has 0 unspecified atom stereocenters. The number of alkyl halides is 1. The lowest BCUT2D eigenvalue weighted by Crippen LogP contribution is -2.17. The summed E-state index contributed by atoms with van der Waals surface area (Å²) in [5.74, 6) is 1.45. The van der Waals surface area contributed by atoms with Crippen molar-refractivity contribution in [3.05, 3.63) is 23.8 Å². The maximum Gasteiger partial charge on any atom is 0.165 e. The molecule has 0 aliphatic heterocycles. The molecule has 0 aliphatic carbocycles. The molecule has 4 nitrogen and oxygen atoms in total. The fourth-order valence-corrected chi connectivity index (χ4v) is 3.28. The van der Waals surface area contributed by atoms with Crippen molar-refractivity contribution < 1.29 is 17.9 Å². The third kappa shape index (κ3) is 5.03. The number of ether oxygens (including phenoxy) is 2. The van der Waals surface area contributed by atoms with Gasteiger partial charge in [-0.1, -0.05) is 35.0 Å². The van der Waals surface area contributed by atoms with Gasteiger partial charge in [-0.3, -0.25) is 0 Å². The maximum absolute atomic E-state index is 11.6. The minimum Gasteiger partial charge on any atom is -0.493 e. The number of hydrogen-bond acceptors (Lipinski definition) is 4. The van der Waals surface area contributed by atoms with Gasteiger partial charge in [0.1, 0.15) is 6.61 Å². The Bertz CT molecular complexity index is 477. The molecule has 0 radical (unpaired) electrons. The molecule has 0 bridgehead atoms. The van der Waals surface area contributed by atoms with Gasteiger partial charge in [-0.25, -0.2) is 8.42 Å². The molecule has 1 aromatic carbocycles. The summed E-state index contributed by atoms with van der Waals surface area (Å²) in [5, 5.41) is 0.626. The second kappa shape index (κ2) is 7.75. The summed E-state index contributed by atoms with van der Waals surface area (Å²) >= 11 is 3.37. The molecule has 108 valence electrons. The van der Waals surface area contributed by atoms with Gasteiger partial charge >= 0.3 is 0 Å². The number of para-hydroxylation sites is 1. The van der Waals surface area contributed by atoms with Crippen LogP contribution in [0.25, 0.3) is 0 Å². The van der Waals surface area contributed by atoms with Crippen molar-refractivity contribution in [3.8, 4) is 11.5 Å². The first kappa shape index (κ1) is 16.3. The van der Waals surface area contributed by atoms with E-state index in [1.54, 1.807) is 13.2 Å². The van der Waals surface area contributed by atoms with Gasteiger partial charge in [0, 0.05) is 10.9 Å². The van der Waals surface area contributed by atoms with Crippen LogP contribution in [0.4, 0.5) is 0 Å². The lowest BCUT2D eigenvalue weighted by atomic mass is 10.2. The SMILES string of the molecule is CCCS(=O)(=O)CCOc1c(CBr)cccc1OC. The Morgan fingerprint density at radius 1 is 1.26 bits per heavy atom. The molecule has 0 N–H and O–H groups in total. The lowest BCUT2D eigenvalue weighted by Gasteiger charge is -2.13. The zero-order valence-corrected chi connectivity index (χ0v) is 13.6. The van der Waals surface area contributed by atoms with Gasteiger partial charge in [-0.15, -0.1) is 0 Å². The second-order valence-corrected chi connectivity index (χ2v) is 6.95. The molecular weight excluding hydrogens is 332 g/mol. The lowest BCUT2D eigenvalue weighted by molar-refractivity contribution is 0.309. The van der Waals surface area contributed by atoms with E-state index in [1.165, 1.54) is 0 Å². The van der Waals surface area contributed by atoms with Crippen molar-refractivity contribution in [2.24, 2.45) is 0 Å². The van der Waals surface area contributed by atoms with Crippen molar-refractivity contribution in [1.29, 1.82) is 0 Å². The fourth-order valence-electron chi connectivity index (χ4n) is 1.67. The van der Waals surface area contributed by atoms with Crippen LogP contribution in [0.1, 0.15) is 18.9 Å². The summed E-state index contributed by atoms with van der Waals surface area (Å²) in [5.41, 5.74) is 0.937. The molecule has 0 aliphatic rings. The Labute approximate surface area is 123 Å². The highest BCUT2D eigenvalue weighted by molar-refractivity contribution is 9.08. The molecule has 0 amide bonds. The summed E-state index contributed by atoms with van der Waals surface area (Å²) in [6.07, 6.45) is 0.629. The largest absolute Gasteiger partial charge is 0.493 e. The number of sulfone groups is 1. The van der Waals surface area contributed by atoms with E-state index in [0.717, 1.165) is 5.56 Å². The molecule has 1 rings (SSSR count). The van der Waals surface area contributed by atoms with Gasteiger partial charge < -0.3 is 9.47 Å². The molecule has 0 saturated carbocycles. The Hall–Kier alpha value is -0.750. The van der Waals surface area contributed by atoms with Gasteiger partial charge in [0.25, 0.3) is 0 Å². The highest BCUT2D eigenvalue weighted by Crippen LogP contribution is 2.32.